The minimum Gasteiger partial charge on any atom is -0.278 e. The molecule has 0 bridgehead atoms. The Bertz CT molecular complexity index is 697. The van der Waals surface area contributed by atoms with E-state index >= 15 is 0 Å². The summed E-state index contributed by atoms with van der Waals surface area (Å²) in [6, 6.07) is 7.26. The van der Waals surface area contributed by atoms with Crippen molar-refractivity contribution in [2.75, 3.05) is 4.72 Å². The molecule has 0 saturated heterocycles. The Labute approximate surface area is 125 Å². The number of sulfonamides is 1. The molecule has 1 aromatic heterocycles. The van der Waals surface area contributed by atoms with Gasteiger partial charge in [-0.3, -0.25) is 4.72 Å². The Hall–Kier alpha value is -0.850. The molecule has 0 atom stereocenters. The molecule has 0 spiro atoms. The lowest BCUT2D eigenvalue weighted by Gasteiger charge is -2.13. The predicted octanol–water partition coefficient (Wildman–Crippen LogP) is 4.24. The van der Waals surface area contributed by atoms with Gasteiger partial charge in [-0.05, 0) is 60.0 Å². The molecule has 6 heteroatoms. The minimum atomic E-state index is -3.51. The second kappa shape index (κ2) is 5.26. The molecule has 0 aliphatic carbocycles. The average Bonchev–Trinajstić information content (AvgIpc) is 2.71. The highest BCUT2D eigenvalue weighted by atomic mass is 79.9. The normalized spacial score (nSPS) is 11.6. The fraction of sp³-hybridized carbons (Fsp3) is 0.231. The zero-order chi connectivity index (χ0) is 14.2. The van der Waals surface area contributed by atoms with Crippen LogP contribution in [-0.2, 0) is 10.0 Å². The molecule has 2 aromatic rings. The van der Waals surface area contributed by atoms with E-state index in [0.29, 0.717) is 9.90 Å². The zero-order valence-electron chi connectivity index (χ0n) is 10.8. The van der Waals surface area contributed by atoms with E-state index in [1.165, 1.54) is 11.3 Å². The van der Waals surface area contributed by atoms with Gasteiger partial charge in [0, 0.05) is 0 Å². The number of rotatable bonds is 3. The van der Waals surface area contributed by atoms with Crippen LogP contribution < -0.4 is 4.72 Å². The van der Waals surface area contributed by atoms with Crippen molar-refractivity contribution >= 4 is 43.0 Å². The maximum absolute atomic E-state index is 12.3. The minimum absolute atomic E-state index is 0.304. The molecular formula is C13H14BrNO2S2. The van der Waals surface area contributed by atoms with Crippen LogP contribution in [0.5, 0.6) is 0 Å². The lowest BCUT2D eigenvalue weighted by atomic mass is 10.1. The summed E-state index contributed by atoms with van der Waals surface area (Å²) in [5.74, 6) is 0. The molecule has 0 radical (unpaired) electrons. The van der Waals surface area contributed by atoms with E-state index in [2.05, 4.69) is 20.7 Å². The molecule has 0 aliphatic rings. The van der Waals surface area contributed by atoms with Gasteiger partial charge in [-0.2, -0.15) is 0 Å². The first kappa shape index (κ1) is 14.6. The molecule has 0 aliphatic heterocycles. The molecule has 19 heavy (non-hydrogen) atoms. The van der Waals surface area contributed by atoms with E-state index in [1.54, 1.807) is 12.1 Å². The average molecular weight is 360 g/mol. The molecule has 1 heterocycles. The van der Waals surface area contributed by atoms with Crippen LogP contribution >= 0.6 is 27.3 Å². The van der Waals surface area contributed by atoms with Crippen LogP contribution in [0.2, 0.25) is 0 Å². The third kappa shape index (κ3) is 3.19. The van der Waals surface area contributed by atoms with Crippen LogP contribution in [0.3, 0.4) is 0 Å². The second-order valence-electron chi connectivity index (χ2n) is 4.44. The summed E-state index contributed by atoms with van der Waals surface area (Å²) in [4.78, 5) is 0. The summed E-state index contributed by atoms with van der Waals surface area (Å²) in [7, 11) is -3.51. The van der Waals surface area contributed by atoms with Crippen molar-refractivity contribution in [3.8, 4) is 0 Å². The maximum atomic E-state index is 12.3. The van der Waals surface area contributed by atoms with Gasteiger partial charge in [0.2, 0.25) is 0 Å². The number of aryl methyl sites for hydroxylation is 3. The lowest BCUT2D eigenvalue weighted by Crippen LogP contribution is -2.13. The highest BCUT2D eigenvalue weighted by Gasteiger charge is 2.18. The maximum Gasteiger partial charge on any atom is 0.271 e. The van der Waals surface area contributed by atoms with E-state index in [-0.39, 0.29) is 0 Å². The van der Waals surface area contributed by atoms with Crippen LogP contribution in [-0.4, -0.2) is 8.42 Å². The highest BCUT2D eigenvalue weighted by Crippen LogP contribution is 2.30. The Morgan fingerprint density at radius 3 is 2.16 bits per heavy atom. The number of halogens is 1. The predicted molar refractivity (Wildman–Crippen MR) is 83.5 cm³/mol. The van der Waals surface area contributed by atoms with E-state index in [0.717, 1.165) is 20.5 Å². The van der Waals surface area contributed by atoms with Gasteiger partial charge >= 0.3 is 0 Å². The van der Waals surface area contributed by atoms with Gasteiger partial charge in [-0.15, -0.1) is 11.3 Å². The molecule has 0 fully saturated rings. The summed E-state index contributed by atoms with van der Waals surface area (Å²) >= 11 is 4.47. The van der Waals surface area contributed by atoms with E-state index < -0.39 is 10.0 Å². The van der Waals surface area contributed by atoms with Gasteiger partial charge in [-0.1, -0.05) is 17.7 Å². The Morgan fingerprint density at radius 2 is 1.68 bits per heavy atom. The number of anilines is 1. The standard InChI is InChI=1S/C13H14BrNO2S2/c1-8-6-9(2)13(10(3)7-8)15-19(16,17)12-5-4-11(14)18-12/h4-7,15H,1-3H3. The summed E-state index contributed by atoms with van der Waals surface area (Å²) in [5, 5.41) is 0. The summed E-state index contributed by atoms with van der Waals surface area (Å²) in [6.45, 7) is 5.80. The van der Waals surface area contributed by atoms with Crippen LogP contribution in [0, 0.1) is 20.8 Å². The second-order valence-corrected chi connectivity index (χ2v) is 8.81. The third-order valence-corrected chi connectivity index (χ3v) is 6.19. The first-order valence-corrected chi connectivity index (χ1v) is 8.75. The van der Waals surface area contributed by atoms with Crippen LogP contribution in [0.4, 0.5) is 5.69 Å². The smallest absolute Gasteiger partial charge is 0.271 e. The first-order valence-electron chi connectivity index (χ1n) is 5.65. The number of hydrogen-bond donors (Lipinski definition) is 1. The largest absolute Gasteiger partial charge is 0.278 e. The summed E-state index contributed by atoms with van der Waals surface area (Å²) in [5.41, 5.74) is 3.64. The van der Waals surface area contributed by atoms with E-state index in [4.69, 9.17) is 0 Å². The van der Waals surface area contributed by atoms with Crippen molar-refractivity contribution in [3.63, 3.8) is 0 Å². The number of nitrogens with one attached hydrogen (secondary N) is 1. The number of thiophene rings is 1. The molecule has 1 aromatic carbocycles. The monoisotopic (exact) mass is 359 g/mol. The van der Waals surface area contributed by atoms with Crippen LogP contribution in [0.25, 0.3) is 0 Å². The third-order valence-electron chi connectivity index (χ3n) is 2.73. The quantitative estimate of drug-likeness (QED) is 0.890. The van der Waals surface area contributed by atoms with Gasteiger partial charge in [0.15, 0.2) is 0 Å². The van der Waals surface area contributed by atoms with E-state index in [9.17, 15) is 8.42 Å². The molecule has 2 rings (SSSR count). The molecule has 102 valence electrons. The molecule has 3 nitrogen and oxygen atoms in total. The number of hydrogen-bond acceptors (Lipinski definition) is 3. The number of benzene rings is 1. The van der Waals surface area contributed by atoms with Gasteiger partial charge < -0.3 is 0 Å². The van der Waals surface area contributed by atoms with Gasteiger partial charge in [-0.25, -0.2) is 8.42 Å². The fourth-order valence-corrected chi connectivity index (χ4v) is 5.18. The Kier molecular flexibility index (Phi) is 4.03. The Balaban J connectivity index is 2.41. The zero-order valence-corrected chi connectivity index (χ0v) is 14.0. The molecule has 1 N–H and O–H groups in total. The van der Waals surface area contributed by atoms with Crippen molar-refractivity contribution in [1.29, 1.82) is 0 Å². The van der Waals surface area contributed by atoms with Crippen molar-refractivity contribution in [2.24, 2.45) is 0 Å². The van der Waals surface area contributed by atoms with Gasteiger partial charge in [0.1, 0.15) is 4.21 Å². The SMILES string of the molecule is Cc1cc(C)c(NS(=O)(=O)c2ccc(Br)s2)c(C)c1. The van der Waals surface area contributed by atoms with Crippen LogP contribution in [0.1, 0.15) is 16.7 Å². The fourth-order valence-electron chi connectivity index (χ4n) is 1.97. The summed E-state index contributed by atoms with van der Waals surface area (Å²) < 4.78 is 28.3. The van der Waals surface area contributed by atoms with Gasteiger partial charge in [0.05, 0.1) is 9.47 Å². The lowest BCUT2D eigenvalue weighted by molar-refractivity contribution is 0.603. The topological polar surface area (TPSA) is 46.2 Å². The molecule has 0 amide bonds. The first-order chi connectivity index (χ1) is 8.79. The highest BCUT2D eigenvalue weighted by molar-refractivity contribution is 9.11. The van der Waals surface area contributed by atoms with E-state index in [1.807, 2.05) is 32.9 Å². The molecular weight excluding hydrogens is 346 g/mol. The van der Waals surface area contributed by atoms with Crippen molar-refractivity contribution in [2.45, 2.75) is 25.0 Å². The van der Waals surface area contributed by atoms with Crippen molar-refractivity contribution in [3.05, 3.63) is 44.7 Å². The summed E-state index contributed by atoms with van der Waals surface area (Å²) in [6.07, 6.45) is 0. The molecule has 0 saturated carbocycles. The van der Waals surface area contributed by atoms with Crippen molar-refractivity contribution < 1.29 is 8.42 Å². The van der Waals surface area contributed by atoms with Crippen molar-refractivity contribution in [1.82, 2.24) is 0 Å². The Morgan fingerprint density at radius 1 is 1.11 bits per heavy atom. The molecule has 0 unspecified atom stereocenters. The van der Waals surface area contributed by atoms with Crippen LogP contribution in [0.15, 0.2) is 32.3 Å². The van der Waals surface area contributed by atoms with Gasteiger partial charge in [0.25, 0.3) is 10.0 Å².